The summed E-state index contributed by atoms with van der Waals surface area (Å²) < 4.78 is 36.5. The quantitative estimate of drug-likeness (QED) is 0.516. The molecule has 0 saturated carbocycles. The van der Waals surface area contributed by atoms with E-state index in [1.165, 1.54) is 0 Å². The molecule has 0 rings (SSSR count). The van der Waals surface area contributed by atoms with Crippen LogP contribution in [0.4, 0.5) is 13.2 Å². The number of rotatable bonds is 4. The van der Waals surface area contributed by atoms with Gasteiger partial charge in [-0.2, -0.15) is 13.2 Å². The second-order valence-corrected chi connectivity index (χ2v) is 2.95. The van der Waals surface area contributed by atoms with Crippen molar-refractivity contribution in [2.45, 2.75) is 38.9 Å². The molecule has 0 aliphatic carbocycles. The first-order chi connectivity index (χ1) is 5.43. The summed E-state index contributed by atoms with van der Waals surface area (Å²) in [5, 5.41) is 0. The Labute approximate surface area is 70.3 Å². The molecule has 2 nitrogen and oxygen atoms in total. The van der Waals surface area contributed by atoms with Crippen LogP contribution < -0.4 is 11.3 Å². The Morgan fingerprint density at radius 2 is 1.92 bits per heavy atom. The van der Waals surface area contributed by atoms with Crippen LogP contribution in [0.5, 0.6) is 0 Å². The molecule has 0 aromatic rings. The molecule has 0 spiro atoms. The number of alkyl halides is 3. The summed E-state index contributed by atoms with van der Waals surface area (Å²) in [7, 11) is 0. The van der Waals surface area contributed by atoms with Crippen molar-refractivity contribution in [1.29, 1.82) is 0 Å². The lowest BCUT2D eigenvalue weighted by molar-refractivity contribution is -0.167. The van der Waals surface area contributed by atoms with Gasteiger partial charge in [0.2, 0.25) is 0 Å². The van der Waals surface area contributed by atoms with E-state index < -0.39 is 18.1 Å². The van der Waals surface area contributed by atoms with Crippen LogP contribution in [0.3, 0.4) is 0 Å². The van der Waals surface area contributed by atoms with E-state index in [9.17, 15) is 13.2 Å². The van der Waals surface area contributed by atoms with Gasteiger partial charge in [-0.05, 0) is 12.3 Å². The Morgan fingerprint density at radius 1 is 1.42 bits per heavy atom. The van der Waals surface area contributed by atoms with Gasteiger partial charge in [0, 0.05) is 0 Å². The molecule has 0 amide bonds. The number of nitrogens with two attached hydrogens (primary N) is 1. The summed E-state index contributed by atoms with van der Waals surface area (Å²) in [6, 6.07) is -1.59. The zero-order valence-electron chi connectivity index (χ0n) is 7.28. The van der Waals surface area contributed by atoms with Gasteiger partial charge in [0.1, 0.15) is 6.04 Å². The lowest BCUT2D eigenvalue weighted by atomic mass is 9.97. The largest absolute Gasteiger partial charge is 0.405 e. The Hall–Kier alpha value is -0.290. The van der Waals surface area contributed by atoms with E-state index in [0.717, 1.165) is 6.42 Å². The van der Waals surface area contributed by atoms with Crippen LogP contribution in [-0.4, -0.2) is 12.2 Å². The first kappa shape index (κ1) is 11.7. The Bertz CT molecular complexity index is 124. The van der Waals surface area contributed by atoms with Gasteiger partial charge in [-0.15, -0.1) is 0 Å². The van der Waals surface area contributed by atoms with Gasteiger partial charge >= 0.3 is 6.18 Å². The van der Waals surface area contributed by atoms with E-state index in [1.807, 2.05) is 6.92 Å². The minimum absolute atomic E-state index is 0.472. The SMILES string of the molecule is CCCC(C)C(NN)C(F)(F)F. The predicted molar refractivity (Wildman–Crippen MR) is 41.2 cm³/mol. The average molecular weight is 184 g/mol. The molecule has 3 N–H and O–H groups in total. The minimum atomic E-state index is -4.25. The molecule has 0 aliphatic heterocycles. The van der Waals surface area contributed by atoms with Crippen LogP contribution in [0.2, 0.25) is 0 Å². The molecular weight excluding hydrogens is 169 g/mol. The average Bonchev–Trinajstić information content (AvgIpc) is 1.85. The fourth-order valence-corrected chi connectivity index (χ4v) is 1.20. The van der Waals surface area contributed by atoms with Crippen LogP contribution in [0.15, 0.2) is 0 Å². The topological polar surface area (TPSA) is 38.0 Å². The van der Waals surface area contributed by atoms with Crippen LogP contribution >= 0.6 is 0 Å². The van der Waals surface area contributed by atoms with Crippen LogP contribution in [0.25, 0.3) is 0 Å². The number of halogens is 3. The van der Waals surface area contributed by atoms with Crippen LogP contribution in [0, 0.1) is 5.92 Å². The highest BCUT2D eigenvalue weighted by atomic mass is 19.4. The van der Waals surface area contributed by atoms with E-state index in [-0.39, 0.29) is 0 Å². The first-order valence-electron chi connectivity index (χ1n) is 3.96. The van der Waals surface area contributed by atoms with Crippen molar-refractivity contribution < 1.29 is 13.2 Å². The molecule has 2 atom stereocenters. The summed E-state index contributed by atoms with van der Waals surface area (Å²) in [6.07, 6.45) is -2.99. The van der Waals surface area contributed by atoms with Gasteiger partial charge < -0.3 is 0 Å². The number of nitrogens with one attached hydrogen (secondary N) is 1. The predicted octanol–water partition coefficient (Wildman–Crippen LogP) is 1.82. The van der Waals surface area contributed by atoms with Crippen molar-refractivity contribution in [3.8, 4) is 0 Å². The second kappa shape index (κ2) is 4.67. The molecule has 0 aromatic heterocycles. The van der Waals surface area contributed by atoms with E-state index in [0.29, 0.717) is 6.42 Å². The molecule has 0 saturated heterocycles. The van der Waals surface area contributed by atoms with Gasteiger partial charge in [-0.1, -0.05) is 20.3 Å². The van der Waals surface area contributed by atoms with E-state index in [1.54, 1.807) is 12.3 Å². The third-order valence-electron chi connectivity index (χ3n) is 1.85. The normalized spacial score (nSPS) is 17.5. The van der Waals surface area contributed by atoms with Crippen LogP contribution in [-0.2, 0) is 0 Å². The maximum atomic E-state index is 12.2. The summed E-state index contributed by atoms with van der Waals surface area (Å²) in [6.45, 7) is 3.39. The third kappa shape index (κ3) is 3.40. The third-order valence-corrected chi connectivity index (χ3v) is 1.85. The van der Waals surface area contributed by atoms with Crippen molar-refractivity contribution in [1.82, 2.24) is 5.43 Å². The molecule has 2 unspecified atom stereocenters. The maximum Gasteiger partial charge on any atom is 0.405 e. The molecule has 0 fully saturated rings. The smallest absolute Gasteiger partial charge is 0.271 e. The molecule has 74 valence electrons. The summed E-state index contributed by atoms with van der Waals surface area (Å²) in [4.78, 5) is 0. The molecule has 0 bridgehead atoms. The summed E-state index contributed by atoms with van der Waals surface area (Å²) in [5.74, 6) is 4.35. The highest BCUT2D eigenvalue weighted by molar-refractivity contribution is 4.77. The van der Waals surface area contributed by atoms with Crippen molar-refractivity contribution >= 4 is 0 Å². The fraction of sp³-hybridized carbons (Fsp3) is 1.00. The number of hydrogen-bond acceptors (Lipinski definition) is 2. The molecule has 5 heteroatoms. The summed E-state index contributed by atoms with van der Waals surface area (Å²) >= 11 is 0. The molecule has 0 heterocycles. The number of hydrogen-bond donors (Lipinski definition) is 2. The minimum Gasteiger partial charge on any atom is -0.271 e. The lowest BCUT2D eigenvalue weighted by Crippen LogP contribution is -2.50. The fourth-order valence-electron chi connectivity index (χ4n) is 1.20. The molecule has 0 aromatic carbocycles. The first-order valence-corrected chi connectivity index (χ1v) is 3.96. The maximum absolute atomic E-state index is 12.2. The van der Waals surface area contributed by atoms with Gasteiger partial charge in [0.05, 0.1) is 0 Å². The van der Waals surface area contributed by atoms with Gasteiger partial charge in [0.25, 0.3) is 0 Å². The zero-order valence-corrected chi connectivity index (χ0v) is 7.28. The molecule has 12 heavy (non-hydrogen) atoms. The Morgan fingerprint density at radius 3 is 2.17 bits per heavy atom. The Kier molecular flexibility index (Phi) is 4.55. The molecule has 0 aliphatic rings. The van der Waals surface area contributed by atoms with E-state index >= 15 is 0 Å². The second-order valence-electron chi connectivity index (χ2n) is 2.95. The van der Waals surface area contributed by atoms with E-state index in [2.05, 4.69) is 0 Å². The van der Waals surface area contributed by atoms with Crippen molar-refractivity contribution in [2.75, 3.05) is 0 Å². The standard InChI is InChI=1S/C7H15F3N2/c1-3-4-5(2)6(12-11)7(8,9)10/h5-6,12H,3-4,11H2,1-2H3. The lowest BCUT2D eigenvalue weighted by Gasteiger charge is -2.24. The molecule has 0 radical (unpaired) electrons. The molecular formula is C7H15F3N2. The summed E-state index contributed by atoms with van der Waals surface area (Å²) in [5.41, 5.74) is 1.80. The highest BCUT2D eigenvalue weighted by Gasteiger charge is 2.41. The Balaban J connectivity index is 4.14. The van der Waals surface area contributed by atoms with Gasteiger partial charge in [-0.3, -0.25) is 5.84 Å². The van der Waals surface area contributed by atoms with E-state index in [4.69, 9.17) is 5.84 Å². The van der Waals surface area contributed by atoms with Gasteiger partial charge in [-0.25, -0.2) is 5.43 Å². The monoisotopic (exact) mass is 184 g/mol. The van der Waals surface area contributed by atoms with Crippen LogP contribution in [0.1, 0.15) is 26.7 Å². The van der Waals surface area contributed by atoms with Crippen molar-refractivity contribution in [2.24, 2.45) is 11.8 Å². The van der Waals surface area contributed by atoms with Crippen molar-refractivity contribution in [3.05, 3.63) is 0 Å². The van der Waals surface area contributed by atoms with Crippen molar-refractivity contribution in [3.63, 3.8) is 0 Å². The highest BCUT2D eigenvalue weighted by Crippen LogP contribution is 2.27. The van der Waals surface area contributed by atoms with Gasteiger partial charge in [0.15, 0.2) is 0 Å². The number of hydrazine groups is 1. The zero-order chi connectivity index (χ0) is 9.78.